The van der Waals surface area contributed by atoms with Crippen molar-refractivity contribution in [2.45, 2.75) is 38.8 Å². The number of nitrogens with zero attached hydrogens (tertiary/aromatic N) is 1. The Morgan fingerprint density at radius 1 is 1.53 bits per heavy atom. The van der Waals surface area contributed by atoms with Crippen LogP contribution in [0, 0.1) is 5.92 Å². The smallest absolute Gasteiger partial charge is 0.187 e. The molecule has 0 aromatic heterocycles. The first-order valence-electron chi connectivity index (χ1n) is 5.51. The second kappa shape index (κ2) is 4.45. The van der Waals surface area contributed by atoms with E-state index in [2.05, 4.69) is 4.90 Å². The minimum Gasteiger partial charge on any atom is -0.381 e. The van der Waals surface area contributed by atoms with E-state index in [0.29, 0.717) is 6.42 Å². The second-order valence-corrected chi connectivity index (χ2v) is 4.68. The fourth-order valence-electron chi connectivity index (χ4n) is 2.21. The highest BCUT2D eigenvalue weighted by Gasteiger charge is 2.45. The largest absolute Gasteiger partial charge is 0.381 e. The van der Waals surface area contributed by atoms with E-state index in [4.69, 9.17) is 0 Å². The van der Waals surface area contributed by atoms with E-state index in [-0.39, 0.29) is 17.7 Å². The van der Waals surface area contributed by atoms with E-state index in [1.54, 1.807) is 13.0 Å². The Balaban J connectivity index is 2.87. The number of ketones is 1. The molecular formula is C12H21NO2. The molecule has 0 aliphatic carbocycles. The lowest BCUT2D eigenvalue weighted by Crippen LogP contribution is -2.57. The predicted octanol–water partition coefficient (Wildman–Crippen LogP) is 1.22. The topological polar surface area (TPSA) is 40.5 Å². The minimum absolute atomic E-state index is 0.0117. The van der Waals surface area contributed by atoms with Crippen LogP contribution < -0.4 is 0 Å². The van der Waals surface area contributed by atoms with Crippen LogP contribution >= 0.6 is 0 Å². The molecule has 0 saturated carbocycles. The van der Waals surface area contributed by atoms with Gasteiger partial charge in [-0.15, -0.1) is 0 Å². The second-order valence-electron chi connectivity index (χ2n) is 4.68. The van der Waals surface area contributed by atoms with Crippen molar-refractivity contribution in [1.82, 2.24) is 4.90 Å². The summed E-state index contributed by atoms with van der Waals surface area (Å²) in [7, 11) is 2.03. The molecule has 1 rings (SSSR count). The van der Waals surface area contributed by atoms with Gasteiger partial charge < -0.3 is 10.0 Å². The summed E-state index contributed by atoms with van der Waals surface area (Å²) >= 11 is 0. The summed E-state index contributed by atoms with van der Waals surface area (Å²) in [5.41, 5.74) is -1.17. The SMILES string of the molecule is CC=CC(=O)C1(O)CC(C)N(C)CC1C. The standard InChI is InChI=1S/C12H21NO2/c1-5-6-11(14)12(15)7-10(3)13(4)8-9(12)2/h5-6,9-10,15H,7-8H2,1-4H3. The fourth-order valence-corrected chi connectivity index (χ4v) is 2.21. The number of aliphatic hydroxyl groups is 1. The molecule has 1 saturated heterocycles. The molecule has 3 atom stereocenters. The maximum absolute atomic E-state index is 11.8. The quantitative estimate of drug-likeness (QED) is 0.698. The Morgan fingerprint density at radius 2 is 2.13 bits per heavy atom. The molecule has 1 aliphatic rings. The van der Waals surface area contributed by atoms with E-state index >= 15 is 0 Å². The average molecular weight is 211 g/mol. The van der Waals surface area contributed by atoms with Gasteiger partial charge in [0.25, 0.3) is 0 Å². The van der Waals surface area contributed by atoms with Crippen molar-refractivity contribution in [2.75, 3.05) is 13.6 Å². The van der Waals surface area contributed by atoms with Crippen molar-refractivity contribution in [3.8, 4) is 0 Å². The minimum atomic E-state index is -1.17. The summed E-state index contributed by atoms with van der Waals surface area (Å²) in [5.74, 6) is -0.167. The number of carbonyl (C=O) groups excluding carboxylic acids is 1. The van der Waals surface area contributed by atoms with Gasteiger partial charge in [0.05, 0.1) is 0 Å². The van der Waals surface area contributed by atoms with Gasteiger partial charge in [-0.25, -0.2) is 0 Å². The highest BCUT2D eigenvalue weighted by molar-refractivity contribution is 5.97. The van der Waals surface area contributed by atoms with Gasteiger partial charge in [0.15, 0.2) is 5.78 Å². The number of hydrogen-bond acceptors (Lipinski definition) is 3. The molecule has 3 heteroatoms. The lowest BCUT2D eigenvalue weighted by atomic mass is 9.76. The maximum atomic E-state index is 11.8. The molecule has 0 aromatic rings. The van der Waals surface area contributed by atoms with Gasteiger partial charge in [0, 0.05) is 18.5 Å². The summed E-state index contributed by atoms with van der Waals surface area (Å²) in [6.45, 7) is 6.54. The van der Waals surface area contributed by atoms with Gasteiger partial charge in [-0.2, -0.15) is 0 Å². The Hall–Kier alpha value is -0.670. The molecule has 86 valence electrons. The number of piperidine rings is 1. The van der Waals surface area contributed by atoms with Crippen LogP contribution in [0.15, 0.2) is 12.2 Å². The number of allylic oxidation sites excluding steroid dienone is 1. The van der Waals surface area contributed by atoms with E-state index in [1.807, 2.05) is 20.9 Å². The fraction of sp³-hybridized carbons (Fsp3) is 0.750. The Bertz CT molecular complexity index is 275. The van der Waals surface area contributed by atoms with Gasteiger partial charge in [0.1, 0.15) is 5.60 Å². The molecule has 0 amide bonds. The highest BCUT2D eigenvalue weighted by Crippen LogP contribution is 2.31. The highest BCUT2D eigenvalue weighted by atomic mass is 16.3. The van der Waals surface area contributed by atoms with Crippen molar-refractivity contribution in [2.24, 2.45) is 5.92 Å². The van der Waals surface area contributed by atoms with Crippen LogP contribution in [0.5, 0.6) is 0 Å². The van der Waals surface area contributed by atoms with Crippen LogP contribution in [0.3, 0.4) is 0 Å². The monoisotopic (exact) mass is 211 g/mol. The maximum Gasteiger partial charge on any atom is 0.187 e. The van der Waals surface area contributed by atoms with Crippen molar-refractivity contribution in [3.05, 3.63) is 12.2 Å². The molecule has 1 N–H and O–H groups in total. The zero-order valence-corrected chi connectivity index (χ0v) is 10.0. The summed E-state index contributed by atoms with van der Waals surface area (Å²) in [6, 6.07) is 0.250. The molecular weight excluding hydrogens is 190 g/mol. The molecule has 0 radical (unpaired) electrons. The zero-order chi connectivity index (χ0) is 11.6. The van der Waals surface area contributed by atoms with E-state index in [1.165, 1.54) is 6.08 Å². The lowest BCUT2D eigenvalue weighted by molar-refractivity contribution is -0.146. The Morgan fingerprint density at radius 3 is 2.67 bits per heavy atom. The van der Waals surface area contributed by atoms with Crippen LogP contribution in [-0.4, -0.2) is 41.0 Å². The predicted molar refractivity (Wildman–Crippen MR) is 60.6 cm³/mol. The van der Waals surface area contributed by atoms with E-state index in [9.17, 15) is 9.90 Å². The van der Waals surface area contributed by atoms with Crippen LogP contribution in [0.2, 0.25) is 0 Å². The summed E-state index contributed by atoms with van der Waals surface area (Å²) in [6.07, 6.45) is 3.69. The van der Waals surface area contributed by atoms with Gasteiger partial charge in [-0.1, -0.05) is 13.0 Å². The van der Waals surface area contributed by atoms with Gasteiger partial charge in [-0.05, 0) is 33.4 Å². The molecule has 3 unspecified atom stereocenters. The normalized spacial score (nSPS) is 38.5. The van der Waals surface area contributed by atoms with Crippen LogP contribution in [0.4, 0.5) is 0 Å². The summed E-state index contributed by atoms with van der Waals surface area (Å²) in [4.78, 5) is 14.0. The molecule has 3 nitrogen and oxygen atoms in total. The van der Waals surface area contributed by atoms with Crippen LogP contribution in [0.25, 0.3) is 0 Å². The molecule has 0 aromatic carbocycles. The molecule has 1 heterocycles. The third kappa shape index (κ3) is 2.29. The Labute approximate surface area is 91.8 Å². The van der Waals surface area contributed by atoms with Gasteiger partial charge >= 0.3 is 0 Å². The first-order chi connectivity index (χ1) is 6.91. The molecule has 15 heavy (non-hydrogen) atoms. The van der Waals surface area contributed by atoms with Crippen LogP contribution in [0.1, 0.15) is 27.2 Å². The number of carbonyl (C=O) groups is 1. The summed E-state index contributed by atoms with van der Waals surface area (Å²) in [5, 5.41) is 10.4. The molecule has 0 bridgehead atoms. The van der Waals surface area contributed by atoms with Crippen molar-refractivity contribution in [1.29, 1.82) is 0 Å². The first kappa shape index (κ1) is 12.4. The number of likely N-dealkylation sites (tertiary alicyclic amines) is 1. The number of hydrogen-bond donors (Lipinski definition) is 1. The summed E-state index contributed by atoms with van der Waals surface area (Å²) < 4.78 is 0. The zero-order valence-electron chi connectivity index (χ0n) is 10.0. The molecule has 1 fully saturated rings. The number of rotatable bonds is 2. The van der Waals surface area contributed by atoms with E-state index < -0.39 is 5.60 Å². The third-order valence-electron chi connectivity index (χ3n) is 3.48. The molecule has 1 aliphatic heterocycles. The van der Waals surface area contributed by atoms with Crippen molar-refractivity contribution in [3.63, 3.8) is 0 Å². The van der Waals surface area contributed by atoms with Crippen molar-refractivity contribution < 1.29 is 9.90 Å². The van der Waals surface area contributed by atoms with Crippen LogP contribution in [-0.2, 0) is 4.79 Å². The Kier molecular flexibility index (Phi) is 3.68. The van der Waals surface area contributed by atoms with Crippen molar-refractivity contribution >= 4 is 5.78 Å². The third-order valence-corrected chi connectivity index (χ3v) is 3.48. The lowest BCUT2D eigenvalue weighted by Gasteiger charge is -2.44. The van der Waals surface area contributed by atoms with Gasteiger partial charge in [0.2, 0.25) is 0 Å². The first-order valence-corrected chi connectivity index (χ1v) is 5.51. The van der Waals surface area contributed by atoms with Gasteiger partial charge in [-0.3, -0.25) is 4.79 Å². The molecule has 0 spiro atoms. The van der Waals surface area contributed by atoms with E-state index in [0.717, 1.165) is 6.54 Å². The average Bonchev–Trinajstić information content (AvgIpc) is 2.15.